The lowest BCUT2D eigenvalue weighted by Gasteiger charge is -2.13. The van der Waals surface area contributed by atoms with Crippen molar-refractivity contribution in [1.82, 2.24) is 10.6 Å². The zero-order chi connectivity index (χ0) is 12.6. The second kappa shape index (κ2) is 7.44. The first-order valence-electron chi connectivity index (χ1n) is 4.85. The van der Waals surface area contributed by atoms with Gasteiger partial charge < -0.3 is 15.7 Å². The SMILES string of the molecule is C=CCCC(=O)NC(CC(=O)NC)C(=O)O. The van der Waals surface area contributed by atoms with Crippen LogP contribution in [0.2, 0.25) is 0 Å². The monoisotopic (exact) mass is 228 g/mol. The predicted molar refractivity (Wildman–Crippen MR) is 57.7 cm³/mol. The Hall–Kier alpha value is -1.85. The summed E-state index contributed by atoms with van der Waals surface area (Å²) >= 11 is 0. The summed E-state index contributed by atoms with van der Waals surface area (Å²) in [5.74, 6) is -2.07. The molecule has 90 valence electrons. The van der Waals surface area contributed by atoms with Gasteiger partial charge >= 0.3 is 5.97 Å². The fraction of sp³-hybridized carbons (Fsp3) is 0.500. The Morgan fingerprint density at radius 3 is 2.44 bits per heavy atom. The van der Waals surface area contributed by atoms with E-state index in [1.165, 1.54) is 7.05 Å². The van der Waals surface area contributed by atoms with E-state index in [4.69, 9.17) is 5.11 Å². The molecule has 0 saturated heterocycles. The highest BCUT2D eigenvalue weighted by Gasteiger charge is 2.22. The van der Waals surface area contributed by atoms with Gasteiger partial charge in [0.15, 0.2) is 0 Å². The zero-order valence-corrected chi connectivity index (χ0v) is 9.16. The van der Waals surface area contributed by atoms with E-state index >= 15 is 0 Å². The average molecular weight is 228 g/mol. The molecule has 6 nitrogen and oxygen atoms in total. The van der Waals surface area contributed by atoms with Gasteiger partial charge in [0.25, 0.3) is 0 Å². The summed E-state index contributed by atoms with van der Waals surface area (Å²) in [5, 5.41) is 13.3. The maximum Gasteiger partial charge on any atom is 0.326 e. The van der Waals surface area contributed by atoms with E-state index in [9.17, 15) is 14.4 Å². The van der Waals surface area contributed by atoms with Crippen molar-refractivity contribution in [2.75, 3.05) is 7.05 Å². The third-order valence-electron chi connectivity index (χ3n) is 1.88. The topological polar surface area (TPSA) is 95.5 Å². The number of carbonyl (C=O) groups excluding carboxylic acids is 2. The van der Waals surface area contributed by atoms with Gasteiger partial charge in [0.05, 0.1) is 6.42 Å². The van der Waals surface area contributed by atoms with Crippen molar-refractivity contribution in [3.8, 4) is 0 Å². The molecule has 0 aromatic rings. The van der Waals surface area contributed by atoms with Crippen molar-refractivity contribution >= 4 is 17.8 Å². The van der Waals surface area contributed by atoms with Gasteiger partial charge in [0.2, 0.25) is 11.8 Å². The number of carboxylic acids is 1. The Balaban J connectivity index is 4.22. The second-order valence-electron chi connectivity index (χ2n) is 3.16. The van der Waals surface area contributed by atoms with Gasteiger partial charge in [0, 0.05) is 13.5 Å². The predicted octanol–water partition coefficient (Wildman–Crippen LogP) is -0.342. The number of allylic oxidation sites excluding steroid dienone is 1. The van der Waals surface area contributed by atoms with Crippen molar-refractivity contribution < 1.29 is 19.5 Å². The first-order valence-corrected chi connectivity index (χ1v) is 4.85. The summed E-state index contributed by atoms with van der Waals surface area (Å²) in [5.41, 5.74) is 0. The number of hydrogen-bond donors (Lipinski definition) is 3. The van der Waals surface area contributed by atoms with E-state index < -0.39 is 23.8 Å². The summed E-state index contributed by atoms with van der Waals surface area (Å²) in [4.78, 5) is 33.0. The summed E-state index contributed by atoms with van der Waals surface area (Å²) in [7, 11) is 1.40. The van der Waals surface area contributed by atoms with Crippen molar-refractivity contribution in [2.45, 2.75) is 25.3 Å². The first kappa shape index (κ1) is 14.2. The molecule has 0 aliphatic rings. The molecule has 1 atom stereocenters. The second-order valence-corrected chi connectivity index (χ2v) is 3.16. The molecule has 0 aliphatic heterocycles. The first-order chi connectivity index (χ1) is 7.51. The maximum absolute atomic E-state index is 11.2. The minimum atomic E-state index is -1.23. The van der Waals surface area contributed by atoms with Gasteiger partial charge in [-0.05, 0) is 6.42 Å². The van der Waals surface area contributed by atoms with Gasteiger partial charge in [-0.2, -0.15) is 0 Å². The molecule has 2 amide bonds. The molecule has 0 aromatic carbocycles. The molecular formula is C10H16N2O4. The standard InChI is InChI=1S/C10H16N2O4/c1-3-4-5-8(13)12-7(10(15)16)6-9(14)11-2/h3,7H,1,4-6H2,2H3,(H,11,14)(H,12,13)(H,15,16). The summed E-state index contributed by atoms with van der Waals surface area (Å²) in [6.45, 7) is 3.45. The molecule has 16 heavy (non-hydrogen) atoms. The molecule has 1 unspecified atom stereocenters. The molecule has 6 heteroatoms. The Kier molecular flexibility index (Phi) is 6.58. The molecule has 0 heterocycles. The summed E-state index contributed by atoms with van der Waals surface area (Å²) < 4.78 is 0. The van der Waals surface area contributed by atoms with E-state index in [1.54, 1.807) is 6.08 Å². The number of rotatable bonds is 7. The van der Waals surface area contributed by atoms with Crippen molar-refractivity contribution in [1.29, 1.82) is 0 Å². The molecule has 0 rings (SSSR count). The van der Waals surface area contributed by atoms with Gasteiger partial charge in [-0.3, -0.25) is 9.59 Å². The molecule has 0 fully saturated rings. The number of hydrogen-bond acceptors (Lipinski definition) is 3. The third-order valence-corrected chi connectivity index (χ3v) is 1.88. The molecule has 3 N–H and O–H groups in total. The highest BCUT2D eigenvalue weighted by Crippen LogP contribution is 1.96. The number of aliphatic carboxylic acids is 1. The molecule has 0 bridgehead atoms. The summed E-state index contributed by atoms with van der Waals surface area (Å²) in [6.07, 6.45) is 1.93. The van der Waals surface area contributed by atoms with Crippen LogP contribution < -0.4 is 10.6 Å². The van der Waals surface area contributed by atoms with Crippen LogP contribution >= 0.6 is 0 Å². The van der Waals surface area contributed by atoms with Crippen LogP contribution in [0.4, 0.5) is 0 Å². The highest BCUT2D eigenvalue weighted by atomic mass is 16.4. The fourth-order valence-corrected chi connectivity index (χ4v) is 0.987. The molecular weight excluding hydrogens is 212 g/mol. The molecule has 0 aliphatic carbocycles. The van der Waals surface area contributed by atoms with E-state index in [0.29, 0.717) is 6.42 Å². The molecule has 0 radical (unpaired) electrons. The fourth-order valence-electron chi connectivity index (χ4n) is 0.987. The van der Waals surface area contributed by atoms with Crippen LogP contribution in [0.5, 0.6) is 0 Å². The highest BCUT2D eigenvalue weighted by molar-refractivity contribution is 5.88. The van der Waals surface area contributed by atoms with Gasteiger partial charge in [-0.1, -0.05) is 6.08 Å². The minimum Gasteiger partial charge on any atom is -0.480 e. The third kappa shape index (κ3) is 5.79. The quantitative estimate of drug-likeness (QED) is 0.519. The Morgan fingerprint density at radius 2 is 2.00 bits per heavy atom. The van der Waals surface area contributed by atoms with E-state index in [2.05, 4.69) is 17.2 Å². The molecule has 0 saturated carbocycles. The van der Waals surface area contributed by atoms with Crippen molar-refractivity contribution in [3.63, 3.8) is 0 Å². The zero-order valence-electron chi connectivity index (χ0n) is 9.16. The van der Waals surface area contributed by atoms with Crippen LogP contribution in [0, 0.1) is 0 Å². The van der Waals surface area contributed by atoms with Gasteiger partial charge in [-0.25, -0.2) is 4.79 Å². The van der Waals surface area contributed by atoms with Crippen LogP contribution in [0.3, 0.4) is 0 Å². The average Bonchev–Trinajstić information content (AvgIpc) is 2.24. The van der Waals surface area contributed by atoms with E-state index in [0.717, 1.165) is 0 Å². The Morgan fingerprint density at radius 1 is 1.38 bits per heavy atom. The van der Waals surface area contributed by atoms with Gasteiger partial charge in [-0.15, -0.1) is 6.58 Å². The lowest BCUT2D eigenvalue weighted by Crippen LogP contribution is -2.43. The van der Waals surface area contributed by atoms with Crippen molar-refractivity contribution in [3.05, 3.63) is 12.7 Å². The van der Waals surface area contributed by atoms with Crippen LogP contribution in [0.25, 0.3) is 0 Å². The largest absolute Gasteiger partial charge is 0.480 e. The number of carboxylic acid groups (broad SMARTS) is 1. The van der Waals surface area contributed by atoms with Crippen LogP contribution in [0.15, 0.2) is 12.7 Å². The lowest BCUT2D eigenvalue weighted by molar-refractivity contribution is -0.143. The van der Waals surface area contributed by atoms with Crippen LogP contribution in [-0.2, 0) is 14.4 Å². The maximum atomic E-state index is 11.2. The minimum absolute atomic E-state index is 0.168. The lowest BCUT2D eigenvalue weighted by atomic mass is 10.2. The smallest absolute Gasteiger partial charge is 0.326 e. The molecule has 0 spiro atoms. The molecule has 0 aromatic heterocycles. The number of amides is 2. The van der Waals surface area contributed by atoms with Gasteiger partial charge in [0.1, 0.15) is 6.04 Å². The van der Waals surface area contributed by atoms with E-state index in [-0.39, 0.29) is 12.8 Å². The Bertz CT molecular complexity index is 289. The Labute approximate surface area is 93.7 Å². The van der Waals surface area contributed by atoms with Crippen LogP contribution in [0.1, 0.15) is 19.3 Å². The van der Waals surface area contributed by atoms with E-state index in [1.807, 2.05) is 0 Å². The number of nitrogens with one attached hydrogen (secondary N) is 2. The summed E-state index contributed by atoms with van der Waals surface area (Å²) in [6, 6.07) is -1.18. The van der Waals surface area contributed by atoms with Crippen LogP contribution in [-0.4, -0.2) is 36.0 Å². The van der Waals surface area contributed by atoms with Crippen molar-refractivity contribution in [2.24, 2.45) is 0 Å². The number of carbonyl (C=O) groups is 3. The normalized spacial score (nSPS) is 11.3.